The number of benzene rings is 3. The summed E-state index contributed by atoms with van der Waals surface area (Å²) in [5, 5.41) is 5.61. The third-order valence-corrected chi connectivity index (χ3v) is 7.56. The number of halogens is 1. The van der Waals surface area contributed by atoms with Crippen molar-refractivity contribution in [2.45, 2.75) is 31.8 Å². The number of thiocarbonyl (C=S) groups is 1. The summed E-state index contributed by atoms with van der Waals surface area (Å²) in [5.74, 6) is 0.251. The van der Waals surface area contributed by atoms with E-state index in [4.69, 9.17) is 17.0 Å². The number of sulfonamides is 1. The summed E-state index contributed by atoms with van der Waals surface area (Å²) in [7, 11) is -3.73. The standard InChI is InChI=1S/C25H26BrN3O4S2/c1-4-29(20-8-6-5-7-9-20)35(31,32)21-13-11-19(12-14-21)27-25(34)28-24(30)18-10-15-23(22(26)16-18)33-17(2)3/h5-17H,4H2,1-3H3,(H2,27,28,30,34). The van der Waals surface area contributed by atoms with Gasteiger partial charge in [-0.15, -0.1) is 0 Å². The van der Waals surface area contributed by atoms with Crippen LogP contribution in [-0.4, -0.2) is 32.1 Å². The third-order valence-electron chi connectivity index (χ3n) is 4.82. The summed E-state index contributed by atoms with van der Waals surface area (Å²) in [4.78, 5) is 12.7. The summed E-state index contributed by atoms with van der Waals surface area (Å²) >= 11 is 8.66. The van der Waals surface area contributed by atoms with Crippen molar-refractivity contribution >= 4 is 60.6 Å². The second-order valence-electron chi connectivity index (χ2n) is 7.75. The largest absolute Gasteiger partial charge is 0.490 e. The molecule has 0 saturated heterocycles. The molecule has 3 aromatic rings. The Morgan fingerprint density at radius 1 is 1.06 bits per heavy atom. The molecule has 35 heavy (non-hydrogen) atoms. The van der Waals surface area contributed by atoms with Crippen LogP contribution in [0.3, 0.4) is 0 Å². The highest BCUT2D eigenvalue weighted by Gasteiger charge is 2.23. The maximum Gasteiger partial charge on any atom is 0.264 e. The van der Waals surface area contributed by atoms with Gasteiger partial charge in [-0.05, 0) is 104 Å². The maximum absolute atomic E-state index is 13.1. The van der Waals surface area contributed by atoms with Crippen LogP contribution in [0.2, 0.25) is 0 Å². The van der Waals surface area contributed by atoms with Crippen molar-refractivity contribution in [1.29, 1.82) is 0 Å². The highest BCUT2D eigenvalue weighted by molar-refractivity contribution is 9.10. The molecule has 0 fully saturated rings. The van der Waals surface area contributed by atoms with Crippen LogP contribution < -0.4 is 19.7 Å². The molecule has 0 radical (unpaired) electrons. The zero-order valence-electron chi connectivity index (χ0n) is 19.5. The molecule has 0 atom stereocenters. The smallest absolute Gasteiger partial charge is 0.264 e. The zero-order valence-corrected chi connectivity index (χ0v) is 22.7. The van der Waals surface area contributed by atoms with Crippen molar-refractivity contribution in [2.75, 3.05) is 16.2 Å². The summed E-state index contributed by atoms with van der Waals surface area (Å²) in [6.45, 7) is 5.92. The molecule has 2 N–H and O–H groups in total. The second kappa shape index (κ2) is 11.7. The molecule has 0 aliphatic rings. The number of amides is 1. The summed E-state index contributed by atoms with van der Waals surface area (Å²) in [6, 6.07) is 20.1. The summed E-state index contributed by atoms with van der Waals surface area (Å²) in [5.41, 5.74) is 1.54. The molecule has 184 valence electrons. The second-order valence-corrected chi connectivity index (χ2v) is 10.9. The van der Waals surface area contributed by atoms with Crippen LogP contribution >= 0.6 is 28.1 Å². The SMILES string of the molecule is CCN(c1ccccc1)S(=O)(=O)c1ccc(NC(=S)NC(=O)c2ccc(OC(C)C)c(Br)c2)cc1. The van der Waals surface area contributed by atoms with Gasteiger partial charge in [0.15, 0.2) is 5.11 Å². The quantitative estimate of drug-likeness (QED) is 0.341. The molecule has 10 heteroatoms. The minimum absolute atomic E-state index is 0.00696. The Morgan fingerprint density at radius 2 is 1.71 bits per heavy atom. The number of carbonyl (C=O) groups is 1. The first kappa shape index (κ1) is 26.7. The number of rotatable bonds is 8. The van der Waals surface area contributed by atoms with Crippen molar-refractivity contribution in [1.82, 2.24) is 5.32 Å². The van der Waals surface area contributed by atoms with Gasteiger partial charge in [0.05, 0.1) is 21.2 Å². The Kier molecular flexibility index (Phi) is 8.87. The van der Waals surface area contributed by atoms with Gasteiger partial charge >= 0.3 is 0 Å². The van der Waals surface area contributed by atoms with Gasteiger partial charge in [-0.1, -0.05) is 18.2 Å². The molecule has 7 nitrogen and oxygen atoms in total. The van der Waals surface area contributed by atoms with E-state index in [1.54, 1.807) is 61.5 Å². The minimum Gasteiger partial charge on any atom is -0.490 e. The van der Waals surface area contributed by atoms with E-state index in [9.17, 15) is 13.2 Å². The Hall–Kier alpha value is -2.95. The van der Waals surface area contributed by atoms with E-state index in [0.29, 0.717) is 33.7 Å². The molecular weight excluding hydrogens is 550 g/mol. The maximum atomic E-state index is 13.1. The van der Waals surface area contributed by atoms with Crippen LogP contribution in [-0.2, 0) is 10.0 Å². The van der Waals surface area contributed by atoms with Crippen LogP contribution in [0.4, 0.5) is 11.4 Å². The fourth-order valence-electron chi connectivity index (χ4n) is 3.25. The lowest BCUT2D eigenvalue weighted by molar-refractivity contribution is 0.0977. The molecule has 0 saturated carbocycles. The van der Waals surface area contributed by atoms with Crippen LogP contribution in [0.15, 0.2) is 82.2 Å². The highest BCUT2D eigenvalue weighted by atomic mass is 79.9. The van der Waals surface area contributed by atoms with Crippen molar-refractivity contribution in [2.24, 2.45) is 0 Å². The normalized spacial score (nSPS) is 11.1. The molecule has 3 aromatic carbocycles. The number of ether oxygens (including phenoxy) is 1. The molecular formula is C25H26BrN3O4S2. The van der Waals surface area contributed by atoms with E-state index in [2.05, 4.69) is 26.6 Å². The summed E-state index contributed by atoms with van der Waals surface area (Å²) < 4.78 is 33.9. The number of carbonyl (C=O) groups excluding carboxylic acids is 1. The third kappa shape index (κ3) is 6.81. The number of nitrogens with one attached hydrogen (secondary N) is 2. The number of nitrogens with zero attached hydrogens (tertiary/aromatic N) is 1. The van der Waals surface area contributed by atoms with E-state index in [1.807, 2.05) is 19.9 Å². The molecule has 1 amide bonds. The van der Waals surface area contributed by atoms with Crippen LogP contribution in [0.5, 0.6) is 5.75 Å². The van der Waals surface area contributed by atoms with Crippen molar-refractivity contribution < 1.29 is 17.9 Å². The minimum atomic E-state index is -3.73. The summed E-state index contributed by atoms with van der Waals surface area (Å²) in [6.07, 6.45) is 0.00696. The average molecular weight is 577 g/mol. The lowest BCUT2D eigenvalue weighted by atomic mass is 10.2. The van der Waals surface area contributed by atoms with Gasteiger partial charge in [0, 0.05) is 17.8 Å². The van der Waals surface area contributed by atoms with E-state index in [-0.39, 0.29) is 22.0 Å². The van der Waals surface area contributed by atoms with Crippen LogP contribution in [0, 0.1) is 0 Å². The van der Waals surface area contributed by atoms with E-state index in [1.165, 1.54) is 16.4 Å². The Morgan fingerprint density at radius 3 is 2.29 bits per heavy atom. The molecule has 0 bridgehead atoms. The predicted molar refractivity (Wildman–Crippen MR) is 147 cm³/mol. The first-order valence-electron chi connectivity index (χ1n) is 10.9. The predicted octanol–water partition coefficient (Wildman–Crippen LogP) is 5.58. The lowest BCUT2D eigenvalue weighted by Gasteiger charge is -2.23. The first-order chi connectivity index (χ1) is 16.6. The van der Waals surface area contributed by atoms with Gasteiger partial charge in [-0.25, -0.2) is 8.42 Å². The van der Waals surface area contributed by atoms with Gasteiger partial charge in [0.1, 0.15) is 5.75 Å². The van der Waals surface area contributed by atoms with Gasteiger partial charge in [0.2, 0.25) is 0 Å². The van der Waals surface area contributed by atoms with Crippen molar-refractivity contribution in [3.63, 3.8) is 0 Å². The molecule has 0 heterocycles. The first-order valence-corrected chi connectivity index (χ1v) is 13.5. The molecule has 0 aliphatic carbocycles. The molecule has 0 aliphatic heterocycles. The average Bonchev–Trinajstić information content (AvgIpc) is 2.81. The zero-order chi connectivity index (χ0) is 25.6. The Balaban J connectivity index is 1.66. The number of para-hydroxylation sites is 1. The molecule has 0 aromatic heterocycles. The van der Waals surface area contributed by atoms with E-state index in [0.717, 1.165) is 0 Å². The van der Waals surface area contributed by atoms with Crippen LogP contribution in [0.25, 0.3) is 0 Å². The Bertz CT molecular complexity index is 1300. The van der Waals surface area contributed by atoms with E-state index >= 15 is 0 Å². The topological polar surface area (TPSA) is 87.7 Å². The molecule has 0 spiro atoms. The van der Waals surface area contributed by atoms with Crippen molar-refractivity contribution in [3.8, 4) is 5.75 Å². The molecule has 3 rings (SSSR count). The number of anilines is 2. The molecule has 0 unspecified atom stereocenters. The lowest BCUT2D eigenvalue weighted by Crippen LogP contribution is -2.34. The van der Waals surface area contributed by atoms with Gasteiger partial charge in [0.25, 0.3) is 15.9 Å². The van der Waals surface area contributed by atoms with E-state index < -0.39 is 10.0 Å². The Labute approximate surface area is 219 Å². The number of hydrogen-bond donors (Lipinski definition) is 2. The fourth-order valence-corrected chi connectivity index (χ4v) is 5.41. The van der Waals surface area contributed by atoms with Gasteiger partial charge < -0.3 is 10.1 Å². The van der Waals surface area contributed by atoms with Gasteiger partial charge in [-0.2, -0.15) is 0 Å². The fraction of sp³-hybridized carbons (Fsp3) is 0.200. The van der Waals surface area contributed by atoms with Crippen LogP contribution in [0.1, 0.15) is 31.1 Å². The van der Waals surface area contributed by atoms with Gasteiger partial charge in [-0.3, -0.25) is 14.4 Å². The number of hydrogen-bond acceptors (Lipinski definition) is 5. The monoisotopic (exact) mass is 575 g/mol. The highest BCUT2D eigenvalue weighted by Crippen LogP contribution is 2.27. The van der Waals surface area contributed by atoms with Crippen molar-refractivity contribution in [3.05, 3.63) is 82.8 Å².